The Balaban J connectivity index is 1.70. The van der Waals surface area contributed by atoms with Crippen molar-refractivity contribution in [3.63, 3.8) is 0 Å². The van der Waals surface area contributed by atoms with Crippen LogP contribution in [0.15, 0.2) is 53.6 Å². The maximum Gasteiger partial charge on any atom is 0.271 e. The largest absolute Gasteiger partial charge is 0.376 e. The molecule has 0 aliphatic heterocycles. The van der Waals surface area contributed by atoms with Crippen LogP contribution in [0, 0.1) is 37.8 Å². The standard InChI is InChI=1S/C23H25N5O3/c1-15-5-8-20(9-6-15)24-14-23(29)26-25-13-19-11-17(3)27(18(19)4)22-12-21(28(30)31)10-7-16(22)2/h5-13,24H,14H2,1-4H3,(H,26,29)/b25-13-. The predicted molar refractivity (Wildman–Crippen MR) is 122 cm³/mol. The molecule has 3 rings (SSSR count). The molecule has 0 atom stereocenters. The molecule has 0 saturated heterocycles. The number of amides is 1. The summed E-state index contributed by atoms with van der Waals surface area (Å²) in [6, 6.07) is 14.5. The molecule has 2 N–H and O–H groups in total. The fraction of sp³-hybridized carbons (Fsp3) is 0.217. The summed E-state index contributed by atoms with van der Waals surface area (Å²) in [4.78, 5) is 22.8. The minimum Gasteiger partial charge on any atom is -0.376 e. The van der Waals surface area contributed by atoms with E-state index in [0.29, 0.717) is 0 Å². The molecule has 0 spiro atoms. The number of rotatable bonds is 7. The van der Waals surface area contributed by atoms with E-state index in [0.717, 1.165) is 39.5 Å². The first-order valence-corrected chi connectivity index (χ1v) is 9.83. The van der Waals surface area contributed by atoms with E-state index in [1.807, 2.05) is 62.6 Å². The van der Waals surface area contributed by atoms with Gasteiger partial charge in [0.2, 0.25) is 0 Å². The molecule has 160 valence electrons. The number of hydrogen-bond acceptors (Lipinski definition) is 5. The topological polar surface area (TPSA) is 102 Å². The highest BCUT2D eigenvalue weighted by molar-refractivity contribution is 5.85. The zero-order valence-electron chi connectivity index (χ0n) is 18.0. The zero-order valence-corrected chi connectivity index (χ0v) is 18.0. The van der Waals surface area contributed by atoms with Gasteiger partial charge in [-0.1, -0.05) is 23.8 Å². The van der Waals surface area contributed by atoms with Gasteiger partial charge in [0.1, 0.15) is 0 Å². The lowest BCUT2D eigenvalue weighted by atomic mass is 10.1. The van der Waals surface area contributed by atoms with E-state index < -0.39 is 4.92 Å². The van der Waals surface area contributed by atoms with E-state index in [9.17, 15) is 14.9 Å². The van der Waals surface area contributed by atoms with Gasteiger partial charge in [0, 0.05) is 34.8 Å². The van der Waals surface area contributed by atoms with Gasteiger partial charge in [-0.15, -0.1) is 0 Å². The second kappa shape index (κ2) is 9.25. The van der Waals surface area contributed by atoms with Crippen LogP contribution in [0.3, 0.4) is 0 Å². The smallest absolute Gasteiger partial charge is 0.271 e. The van der Waals surface area contributed by atoms with Crippen molar-refractivity contribution in [1.29, 1.82) is 0 Å². The van der Waals surface area contributed by atoms with Crippen molar-refractivity contribution in [2.75, 3.05) is 11.9 Å². The molecule has 31 heavy (non-hydrogen) atoms. The second-order valence-electron chi connectivity index (χ2n) is 7.40. The van der Waals surface area contributed by atoms with Crippen molar-refractivity contribution in [3.05, 3.63) is 86.7 Å². The molecule has 0 fully saturated rings. The van der Waals surface area contributed by atoms with E-state index in [2.05, 4.69) is 15.8 Å². The summed E-state index contributed by atoms with van der Waals surface area (Å²) in [5, 5.41) is 18.3. The maximum absolute atomic E-state index is 12.0. The van der Waals surface area contributed by atoms with E-state index >= 15 is 0 Å². The zero-order chi connectivity index (χ0) is 22.5. The Hall–Kier alpha value is -3.94. The molecule has 8 heteroatoms. The molecule has 1 aromatic heterocycles. The van der Waals surface area contributed by atoms with Gasteiger partial charge in [0.05, 0.1) is 23.4 Å². The SMILES string of the molecule is Cc1ccc(NCC(=O)N/N=C\c2cc(C)n(-c3cc([N+](=O)[O-])ccc3C)c2C)cc1. The molecule has 0 radical (unpaired) electrons. The number of carbonyl (C=O) groups excluding carboxylic acids is 1. The van der Waals surface area contributed by atoms with E-state index in [4.69, 9.17) is 0 Å². The van der Waals surface area contributed by atoms with Crippen LogP contribution in [0.4, 0.5) is 11.4 Å². The van der Waals surface area contributed by atoms with Crippen molar-refractivity contribution in [2.24, 2.45) is 5.10 Å². The monoisotopic (exact) mass is 419 g/mol. The number of nitrogens with one attached hydrogen (secondary N) is 2. The summed E-state index contributed by atoms with van der Waals surface area (Å²) in [7, 11) is 0. The fourth-order valence-corrected chi connectivity index (χ4v) is 3.31. The predicted octanol–water partition coefficient (Wildman–Crippen LogP) is 4.18. The third-order valence-electron chi connectivity index (χ3n) is 5.01. The van der Waals surface area contributed by atoms with Crippen LogP contribution < -0.4 is 10.7 Å². The number of hydrazone groups is 1. The van der Waals surface area contributed by atoms with Crippen LogP contribution in [0.5, 0.6) is 0 Å². The first-order valence-electron chi connectivity index (χ1n) is 9.83. The average Bonchev–Trinajstić information content (AvgIpc) is 3.01. The van der Waals surface area contributed by atoms with Crippen LogP contribution in [0.1, 0.15) is 28.1 Å². The number of benzene rings is 2. The highest BCUT2D eigenvalue weighted by Crippen LogP contribution is 2.26. The quantitative estimate of drug-likeness (QED) is 0.341. The van der Waals surface area contributed by atoms with Gasteiger partial charge in [-0.05, 0) is 51.5 Å². The molecule has 0 aliphatic rings. The first-order chi connectivity index (χ1) is 14.8. The summed E-state index contributed by atoms with van der Waals surface area (Å²) in [5.74, 6) is -0.264. The van der Waals surface area contributed by atoms with Crippen LogP contribution >= 0.6 is 0 Å². The number of nitrogens with zero attached hydrogens (tertiary/aromatic N) is 3. The number of carbonyl (C=O) groups is 1. The molecule has 0 unspecified atom stereocenters. The molecule has 0 saturated carbocycles. The molecule has 8 nitrogen and oxygen atoms in total. The highest BCUT2D eigenvalue weighted by Gasteiger charge is 2.15. The van der Waals surface area contributed by atoms with E-state index in [-0.39, 0.29) is 18.1 Å². The lowest BCUT2D eigenvalue weighted by molar-refractivity contribution is -0.384. The Morgan fingerprint density at radius 1 is 1.10 bits per heavy atom. The third kappa shape index (κ3) is 5.16. The van der Waals surface area contributed by atoms with E-state index in [1.54, 1.807) is 18.3 Å². The molecular weight excluding hydrogens is 394 g/mol. The summed E-state index contributed by atoms with van der Waals surface area (Å²) < 4.78 is 1.95. The van der Waals surface area contributed by atoms with Crippen molar-refractivity contribution >= 4 is 23.5 Å². The lowest BCUT2D eigenvalue weighted by Crippen LogP contribution is -2.25. The molecular formula is C23H25N5O3. The third-order valence-corrected chi connectivity index (χ3v) is 5.01. The number of non-ortho nitro benzene ring substituents is 1. The molecule has 1 heterocycles. The van der Waals surface area contributed by atoms with Crippen molar-refractivity contribution in [1.82, 2.24) is 9.99 Å². The Bertz CT molecular complexity index is 1150. The fourth-order valence-electron chi connectivity index (χ4n) is 3.31. The van der Waals surface area contributed by atoms with Gasteiger partial charge < -0.3 is 9.88 Å². The molecule has 3 aromatic rings. The van der Waals surface area contributed by atoms with Gasteiger partial charge in [-0.3, -0.25) is 14.9 Å². The minimum absolute atomic E-state index is 0.0386. The number of hydrogen-bond donors (Lipinski definition) is 2. The average molecular weight is 419 g/mol. The Morgan fingerprint density at radius 3 is 2.48 bits per heavy atom. The molecule has 2 aromatic carbocycles. The molecule has 0 aliphatic carbocycles. The number of aryl methyl sites for hydroxylation is 3. The van der Waals surface area contributed by atoms with Crippen molar-refractivity contribution < 1.29 is 9.72 Å². The second-order valence-corrected chi connectivity index (χ2v) is 7.40. The van der Waals surface area contributed by atoms with Crippen LogP contribution in [0.25, 0.3) is 5.69 Å². The normalized spacial score (nSPS) is 11.0. The van der Waals surface area contributed by atoms with E-state index in [1.165, 1.54) is 6.07 Å². The van der Waals surface area contributed by atoms with Gasteiger partial charge in [-0.25, -0.2) is 5.43 Å². The number of nitro benzene ring substituents is 1. The van der Waals surface area contributed by atoms with Crippen molar-refractivity contribution in [3.8, 4) is 5.69 Å². The minimum atomic E-state index is -0.403. The van der Waals surface area contributed by atoms with Gasteiger partial charge in [0.15, 0.2) is 0 Å². The van der Waals surface area contributed by atoms with Crippen LogP contribution in [-0.4, -0.2) is 28.2 Å². The Labute approximate surface area is 180 Å². The highest BCUT2D eigenvalue weighted by atomic mass is 16.6. The number of anilines is 1. The van der Waals surface area contributed by atoms with Crippen LogP contribution in [-0.2, 0) is 4.79 Å². The first kappa shape index (κ1) is 21.8. The molecule has 1 amide bonds. The Morgan fingerprint density at radius 2 is 1.81 bits per heavy atom. The lowest BCUT2D eigenvalue weighted by Gasteiger charge is -2.12. The Kier molecular flexibility index (Phi) is 6.49. The maximum atomic E-state index is 12.0. The van der Waals surface area contributed by atoms with Gasteiger partial charge in [0.25, 0.3) is 11.6 Å². The summed E-state index contributed by atoms with van der Waals surface area (Å²) in [6.45, 7) is 7.85. The number of aromatic nitrogens is 1. The van der Waals surface area contributed by atoms with Gasteiger partial charge in [-0.2, -0.15) is 5.10 Å². The van der Waals surface area contributed by atoms with Gasteiger partial charge >= 0.3 is 0 Å². The molecule has 0 bridgehead atoms. The summed E-state index contributed by atoms with van der Waals surface area (Å²) in [6.07, 6.45) is 1.58. The summed E-state index contributed by atoms with van der Waals surface area (Å²) in [5.41, 5.74) is 8.83. The summed E-state index contributed by atoms with van der Waals surface area (Å²) >= 11 is 0. The number of nitro groups is 1. The van der Waals surface area contributed by atoms with Crippen molar-refractivity contribution in [2.45, 2.75) is 27.7 Å². The van der Waals surface area contributed by atoms with Crippen LogP contribution in [0.2, 0.25) is 0 Å².